The molecule has 1 aromatic rings. The van der Waals surface area contributed by atoms with Crippen molar-refractivity contribution in [2.45, 2.75) is 6.92 Å². The van der Waals surface area contributed by atoms with Crippen LogP contribution in [0.25, 0.3) is 6.08 Å². The van der Waals surface area contributed by atoms with Crippen LogP contribution in [0.1, 0.15) is 12.5 Å². The molecule has 0 amide bonds. The maximum absolute atomic E-state index is 11.9. The van der Waals surface area contributed by atoms with E-state index in [0.29, 0.717) is 10.6 Å². The minimum Gasteiger partial charge on any atom is -0.507 e. The van der Waals surface area contributed by atoms with Crippen molar-refractivity contribution in [1.82, 2.24) is 0 Å². The predicted molar refractivity (Wildman–Crippen MR) is 73.9 cm³/mol. The molecule has 4 heteroatoms. The highest BCUT2D eigenvalue weighted by Crippen LogP contribution is 2.22. The zero-order valence-corrected chi connectivity index (χ0v) is 10.9. The molecule has 0 aromatic heterocycles. The number of halogens is 1. The Labute approximate surface area is 115 Å². The summed E-state index contributed by atoms with van der Waals surface area (Å²) in [6.07, 6.45) is 4.08. The van der Waals surface area contributed by atoms with Gasteiger partial charge in [-0.2, -0.15) is 0 Å². The first-order chi connectivity index (χ1) is 8.99. The SMILES string of the molecule is CC1=CC(=O)C(C(=O)/C=C/c2ccc(Cl)cc2)=C1O. The standard InChI is InChI=1S/C15H11ClO3/c1-9-8-13(18)14(15(9)19)12(17)7-4-10-2-5-11(16)6-3-10/h2-8,19H,1H3/b7-4+. The van der Waals surface area contributed by atoms with Crippen molar-refractivity contribution in [3.05, 3.63) is 63.9 Å². The highest BCUT2D eigenvalue weighted by molar-refractivity contribution is 6.31. The monoisotopic (exact) mass is 274 g/mol. The van der Waals surface area contributed by atoms with Crippen LogP contribution >= 0.6 is 11.6 Å². The highest BCUT2D eigenvalue weighted by Gasteiger charge is 2.26. The largest absolute Gasteiger partial charge is 0.507 e. The van der Waals surface area contributed by atoms with E-state index < -0.39 is 11.6 Å². The van der Waals surface area contributed by atoms with E-state index in [9.17, 15) is 14.7 Å². The lowest BCUT2D eigenvalue weighted by Gasteiger charge is -1.98. The van der Waals surface area contributed by atoms with Gasteiger partial charge in [0.2, 0.25) is 0 Å². The van der Waals surface area contributed by atoms with Crippen LogP contribution in [0.3, 0.4) is 0 Å². The van der Waals surface area contributed by atoms with E-state index >= 15 is 0 Å². The van der Waals surface area contributed by atoms with Gasteiger partial charge >= 0.3 is 0 Å². The number of aliphatic hydroxyl groups excluding tert-OH is 1. The van der Waals surface area contributed by atoms with E-state index in [1.807, 2.05) is 0 Å². The Morgan fingerprint density at radius 1 is 1.26 bits per heavy atom. The third-order valence-corrected chi connectivity index (χ3v) is 3.00. The lowest BCUT2D eigenvalue weighted by molar-refractivity contribution is -0.116. The van der Waals surface area contributed by atoms with E-state index in [1.54, 1.807) is 37.3 Å². The molecular weight excluding hydrogens is 264 g/mol. The fourth-order valence-corrected chi connectivity index (χ4v) is 1.84. The first kappa shape index (κ1) is 13.3. The Balaban J connectivity index is 2.19. The molecule has 0 fully saturated rings. The predicted octanol–water partition coefficient (Wildman–Crippen LogP) is 3.26. The molecule has 1 N–H and O–H groups in total. The van der Waals surface area contributed by atoms with Crippen molar-refractivity contribution >= 4 is 29.2 Å². The van der Waals surface area contributed by atoms with Gasteiger partial charge < -0.3 is 5.11 Å². The quantitative estimate of drug-likeness (QED) is 0.680. The normalized spacial score (nSPS) is 15.3. The third kappa shape index (κ3) is 2.83. The van der Waals surface area contributed by atoms with Crippen LogP contribution in [-0.4, -0.2) is 16.7 Å². The molecule has 0 bridgehead atoms. The van der Waals surface area contributed by atoms with Gasteiger partial charge in [0.15, 0.2) is 11.6 Å². The Morgan fingerprint density at radius 3 is 2.42 bits per heavy atom. The zero-order chi connectivity index (χ0) is 14.0. The second-order valence-corrected chi connectivity index (χ2v) is 4.60. The number of benzene rings is 1. The summed E-state index contributed by atoms with van der Waals surface area (Å²) >= 11 is 5.75. The number of allylic oxidation sites excluding steroid dienone is 4. The summed E-state index contributed by atoms with van der Waals surface area (Å²) < 4.78 is 0. The van der Waals surface area contributed by atoms with Crippen molar-refractivity contribution in [3.8, 4) is 0 Å². The molecule has 96 valence electrons. The van der Waals surface area contributed by atoms with Gasteiger partial charge in [-0.1, -0.05) is 29.8 Å². The smallest absolute Gasteiger partial charge is 0.193 e. The van der Waals surface area contributed by atoms with E-state index in [-0.39, 0.29) is 11.3 Å². The Morgan fingerprint density at radius 2 is 1.89 bits per heavy atom. The van der Waals surface area contributed by atoms with E-state index in [0.717, 1.165) is 5.56 Å². The molecule has 0 atom stereocenters. The summed E-state index contributed by atoms with van der Waals surface area (Å²) in [5, 5.41) is 10.3. The molecule has 0 spiro atoms. The van der Waals surface area contributed by atoms with Gasteiger partial charge in [-0.3, -0.25) is 9.59 Å². The number of carbonyl (C=O) groups excluding carboxylic acids is 2. The molecule has 1 aliphatic rings. The zero-order valence-electron chi connectivity index (χ0n) is 10.2. The minimum atomic E-state index is -0.509. The molecule has 1 aromatic carbocycles. The molecule has 0 heterocycles. The molecule has 0 saturated carbocycles. The summed E-state index contributed by atoms with van der Waals surface area (Å²) in [5.74, 6) is -1.21. The maximum atomic E-state index is 11.9. The molecule has 0 aliphatic heterocycles. The summed E-state index contributed by atoms with van der Waals surface area (Å²) in [5.41, 5.74) is 1.02. The van der Waals surface area contributed by atoms with Gasteiger partial charge in [0.25, 0.3) is 0 Å². The van der Waals surface area contributed by atoms with E-state index in [1.165, 1.54) is 12.2 Å². The molecule has 3 nitrogen and oxygen atoms in total. The molecule has 2 rings (SSSR count). The number of carbonyl (C=O) groups is 2. The van der Waals surface area contributed by atoms with E-state index in [4.69, 9.17) is 11.6 Å². The number of ketones is 2. The maximum Gasteiger partial charge on any atom is 0.193 e. The lowest BCUT2D eigenvalue weighted by atomic mass is 10.1. The Bertz CT molecular complexity index is 634. The average molecular weight is 275 g/mol. The number of rotatable bonds is 3. The number of aliphatic hydroxyl groups is 1. The summed E-state index contributed by atoms with van der Waals surface area (Å²) in [6, 6.07) is 6.91. The topological polar surface area (TPSA) is 54.4 Å². The van der Waals surface area contributed by atoms with Gasteiger partial charge in [0.05, 0.1) is 0 Å². The number of hydrogen-bond donors (Lipinski definition) is 1. The first-order valence-electron chi connectivity index (χ1n) is 5.63. The minimum absolute atomic E-state index is 0.178. The van der Waals surface area contributed by atoms with Crippen LogP contribution < -0.4 is 0 Å². The number of hydrogen-bond acceptors (Lipinski definition) is 3. The van der Waals surface area contributed by atoms with Gasteiger partial charge in [-0.25, -0.2) is 0 Å². The Kier molecular flexibility index (Phi) is 3.67. The molecular formula is C15H11ClO3. The average Bonchev–Trinajstić information content (AvgIpc) is 2.62. The molecule has 1 aliphatic carbocycles. The van der Waals surface area contributed by atoms with Crippen LogP contribution in [0, 0.1) is 0 Å². The van der Waals surface area contributed by atoms with Crippen molar-refractivity contribution in [2.75, 3.05) is 0 Å². The molecule has 0 unspecified atom stereocenters. The van der Waals surface area contributed by atoms with Crippen molar-refractivity contribution in [2.24, 2.45) is 0 Å². The van der Waals surface area contributed by atoms with Crippen LogP contribution in [-0.2, 0) is 9.59 Å². The highest BCUT2D eigenvalue weighted by atomic mass is 35.5. The molecule has 19 heavy (non-hydrogen) atoms. The second kappa shape index (κ2) is 5.24. The van der Waals surface area contributed by atoms with Gasteiger partial charge in [-0.15, -0.1) is 0 Å². The third-order valence-electron chi connectivity index (χ3n) is 2.75. The van der Waals surface area contributed by atoms with Gasteiger partial charge in [0, 0.05) is 5.02 Å². The Hall–Kier alpha value is -2.13. The molecule has 0 radical (unpaired) electrons. The van der Waals surface area contributed by atoms with Crippen molar-refractivity contribution in [1.29, 1.82) is 0 Å². The van der Waals surface area contributed by atoms with Gasteiger partial charge in [-0.05, 0) is 42.3 Å². The van der Waals surface area contributed by atoms with Crippen molar-refractivity contribution in [3.63, 3.8) is 0 Å². The summed E-state index contributed by atoms with van der Waals surface area (Å²) in [7, 11) is 0. The van der Waals surface area contributed by atoms with Crippen LogP contribution in [0.5, 0.6) is 0 Å². The van der Waals surface area contributed by atoms with Crippen molar-refractivity contribution < 1.29 is 14.7 Å². The second-order valence-electron chi connectivity index (χ2n) is 4.16. The van der Waals surface area contributed by atoms with Crippen LogP contribution in [0.4, 0.5) is 0 Å². The fraction of sp³-hybridized carbons (Fsp3) is 0.0667. The van der Waals surface area contributed by atoms with Gasteiger partial charge in [0.1, 0.15) is 11.3 Å². The van der Waals surface area contributed by atoms with E-state index in [2.05, 4.69) is 0 Å². The fourth-order valence-electron chi connectivity index (χ4n) is 1.72. The summed E-state index contributed by atoms with van der Waals surface area (Å²) in [4.78, 5) is 23.4. The summed E-state index contributed by atoms with van der Waals surface area (Å²) in [6.45, 7) is 1.58. The lowest BCUT2D eigenvalue weighted by Crippen LogP contribution is -2.07. The first-order valence-corrected chi connectivity index (χ1v) is 6.01. The van der Waals surface area contributed by atoms with Crippen LogP contribution in [0.2, 0.25) is 5.02 Å². The molecule has 0 saturated heterocycles. The van der Waals surface area contributed by atoms with Crippen LogP contribution in [0.15, 0.2) is 53.3 Å².